The first kappa shape index (κ1) is 23.0. The molecule has 0 amide bonds. The van der Waals surface area contributed by atoms with Crippen molar-refractivity contribution < 1.29 is 4.74 Å². The average Bonchev–Trinajstić information content (AvgIpc) is 3.09. The second-order valence-corrected chi connectivity index (χ2v) is 13.0. The first-order valence-electron chi connectivity index (χ1n) is 11.0. The van der Waals surface area contributed by atoms with E-state index >= 15 is 0 Å². The van der Waals surface area contributed by atoms with E-state index < -0.39 is 7.92 Å². The Morgan fingerprint density at radius 3 is 1.60 bits per heavy atom. The molecule has 3 rings (SSSR count). The molecular formula is C27H38NOP. The predicted molar refractivity (Wildman–Crippen MR) is 133 cm³/mol. The fourth-order valence-corrected chi connectivity index (χ4v) is 7.22. The number of ether oxygens (including phenoxy) is 1. The minimum absolute atomic E-state index is 0.110. The molecule has 2 aromatic carbocycles. The van der Waals surface area contributed by atoms with Crippen molar-refractivity contribution in [1.82, 2.24) is 0 Å². The highest BCUT2D eigenvalue weighted by molar-refractivity contribution is 7.73. The quantitative estimate of drug-likeness (QED) is 0.523. The second-order valence-electron chi connectivity index (χ2n) is 10.8. The maximum atomic E-state index is 6.18. The van der Waals surface area contributed by atoms with Crippen molar-refractivity contribution in [1.29, 1.82) is 0 Å². The highest BCUT2D eigenvalue weighted by Crippen LogP contribution is 2.43. The molecule has 1 heterocycles. The zero-order chi connectivity index (χ0) is 22.3. The lowest BCUT2D eigenvalue weighted by Crippen LogP contribution is -2.32. The standard InChI is InChI=1S/C27H38NOP/c1-18-10-19(2)13-22(12-18)30(23-14-20(3)11-21(4)15-23)17-27(8,9)25-28-24(16-29-25)26(5,6)7/h10-15,24H,16-17H2,1-9H3/t24-/m1/s1. The van der Waals surface area contributed by atoms with Gasteiger partial charge in [-0.25, -0.2) is 4.99 Å². The van der Waals surface area contributed by atoms with Gasteiger partial charge in [-0.3, -0.25) is 0 Å². The second kappa shape index (κ2) is 8.46. The topological polar surface area (TPSA) is 21.6 Å². The van der Waals surface area contributed by atoms with Crippen LogP contribution in [0.15, 0.2) is 41.4 Å². The lowest BCUT2D eigenvalue weighted by atomic mass is 9.88. The molecule has 0 spiro atoms. The number of rotatable bonds is 5. The first-order chi connectivity index (χ1) is 13.8. The predicted octanol–water partition coefficient (Wildman–Crippen LogP) is 6.22. The molecule has 0 saturated carbocycles. The number of aliphatic imine (C=N–C) groups is 1. The fourth-order valence-electron chi connectivity index (χ4n) is 4.20. The van der Waals surface area contributed by atoms with Crippen LogP contribution in [0.2, 0.25) is 0 Å². The molecule has 0 N–H and O–H groups in total. The average molecular weight is 424 g/mol. The van der Waals surface area contributed by atoms with Crippen LogP contribution in [0.25, 0.3) is 0 Å². The number of benzene rings is 2. The molecule has 30 heavy (non-hydrogen) atoms. The van der Waals surface area contributed by atoms with E-state index in [0.717, 1.165) is 12.1 Å². The van der Waals surface area contributed by atoms with Gasteiger partial charge < -0.3 is 4.74 Å². The van der Waals surface area contributed by atoms with Gasteiger partial charge in [-0.1, -0.05) is 93.3 Å². The summed E-state index contributed by atoms with van der Waals surface area (Å²) < 4.78 is 6.18. The van der Waals surface area contributed by atoms with Crippen LogP contribution in [0.4, 0.5) is 0 Å². The summed E-state index contributed by atoms with van der Waals surface area (Å²) in [6.45, 7) is 20.9. The van der Waals surface area contributed by atoms with Crippen molar-refractivity contribution in [2.45, 2.75) is 68.4 Å². The Labute approximate surface area is 184 Å². The first-order valence-corrected chi connectivity index (χ1v) is 12.5. The number of hydrogen-bond donors (Lipinski definition) is 0. The van der Waals surface area contributed by atoms with Crippen LogP contribution in [0.3, 0.4) is 0 Å². The minimum Gasteiger partial charge on any atom is -0.478 e. The van der Waals surface area contributed by atoms with Crippen LogP contribution in [-0.4, -0.2) is 24.7 Å². The van der Waals surface area contributed by atoms with Crippen molar-refractivity contribution in [3.8, 4) is 0 Å². The van der Waals surface area contributed by atoms with Crippen LogP contribution in [-0.2, 0) is 4.74 Å². The van der Waals surface area contributed by atoms with Gasteiger partial charge in [0, 0.05) is 5.41 Å². The molecule has 0 unspecified atom stereocenters. The van der Waals surface area contributed by atoms with Gasteiger partial charge in [0.25, 0.3) is 0 Å². The van der Waals surface area contributed by atoms with Gasteiger partial charge in [-0.15, -0.1) is 0 Å². The summed E-state index contributed by atoms with van der Waals surface area (Å²) >= 11 is 0. The summed E-state index contributed by atoms with van der Waals surface area (Å²) in [6, 6.07) is 14.3. The van der Waals surface area contributed by atoms with E-state index in [0.29, 0.717) is 6.61 Å². The van der Waals surface area contributed by atoms with E-state index in [1.165, 1.54) is 32.9 Å². The third-order valence-corrected chi connectivity index (χ3v) is 8.69. The molecule has 2 aromatic rings. The Bertz CT molecular complexity index is 860. The van der Waals surface area contributed by atoms with Crippen LogP contribution in [0.1, 0.15) is 56.9 Å². The Kier molecular flexibility index (Phi) is 6.49. The van der Waals surface area contributed by atoms with E-state index in [1.807, 2.05) is 0 Å². The zero-order valence-corrected chi connectivity index (χ0v) is 21.2. The van der Waals surface area contributed by atoms with E-state index in [2.05, 4.69) is 98.7 Å². The number of aryl methyl sites for hydroxylation is 4. The molecular weight excluding hydrogens is 385 g/mol. The molecule has 0 saturated heterocycles. The lowest BCUT2D eigenvalue weighted by molar-refractivity contribution is 0.223. The molecule has 0 fully saturated rings. The highest BCUT2D eigenvalue weighted by Gasteiger charge is 2.38. The zero-order valence-electron chi connectivity index (χ0n) is 20.3. The molecule has 0 radical (unpaired) electrons. The Morgan fingerprint density at radius 2 is 1.23 bits per heavy atom. The van der Waals surface area contributed by atoms with Crippen LogP contribution in [0, 0.1) is 38.5 Å². The molecule has 0 aliphatic carbocycles. The molecule has 0 bridgehead atoms. The summed E-state index contributed by atoms with van der Waals surface area (Å²) in [6.07, 6.45) is 1.03. The van der Waals surface area contributed by atoms with Gasteiger partial charge in [-0.05, 0) is 57.8 Å². The lowest BCUT2D eigenvalue weighted by Gasteiger charge is -2.30. The van der Waals surface area contributed by atoms with Gasteiger partial charge in [0.1, 0.15) is 6.61 Å². The Hall–Kier alpha value is -1.66. The number of nitrogens with zero attached hydrogens (tertiary/aromatic N) is 1. The Morgan fingerprint density at radius 1 is 0.800 bits per heavy atom. The Balaban J connectivity index is 2.02. The van der Waals surface area contributed by atoms with Gasteiger partial charge >= 0.3 is 0 Å². The van der Waals surface area contributed by atoms with Gasteiger partial charge in [0.2, 0.25) is 0 Å². The smallest absolute Gasteiger partial charge is 0.189 e. The third-order valence-electron chi connectivity index (χ3n) is 5.82. The molecule has 0 aromatic heterocycles. The summed E-state index contributed by atoms with van der Waals surface area (Å²) in [5, 5.41) is 2.90. The van der Waals surface area contributed by atoms with Crippen molar-refractivity contribution in [3.63, 3.8) is 0 Å². The van der Waals surface area contributed by atoms with E-state index in [-0.39, 0.29) is 16.9 Å². The molecule has 2 nitrogen and oxygen atoms in total. The number of hydrogen-bond acceptors (Lipinski definition) is 2. The van der Waals surface area contributed by atoms with Crippen molar-refractivity contribution >= 4 is 24.4 Å². The summed E-state index contributed by atoms with van der Waals surface area (Å²) in [5.41, 5.74) is 5.36. The van der Waals surface area contributed by atoms with Crippen molar-refractivity contribution in [2.24, 2.45) is 15.8 Å². The van der Waals surface area contributed by atoms with E-state index in [4.69, 9.17) is 9.73 Å². The fraction of sp³-hybridized carbons (Fsp3) is 0.519. The van der Waals surface area contributed by atoms with Crippen LogP contribution < -0.4 is 10.6 Å². The highest BCUT2D eigenvalue weighted by atomic mass is 31.1. The molecule has 3 heteroatoms. The molecule has 1 aliphatic rings. The molecule has 1 aliphatic heterocycles. The summed E-state index contributed by atoms with van der Waals surface area (Å²) in [5.74, 6) is 0.934. The summed E-state index contributed by atoms with van der Waals surface area (Å²) in [7, 11) is -0.523. The van der Waals surface area contributed by atoms with Crippen molar-refractivity contribution in [2.75, 3.05) is 12.8 Å². The van der Waals surface area contributed by atoms with Crippen molar-refractivity contribution in [3.05, 3.63) is 58.7 Å². The van der Waals surface area contributed by atoms with Crippen LogP contribution >= 0.6 is 7.92 Å². The maximum Gasteiger partial charge on any atom is 0.189 e. The van der Waals surface area contributed by atoms with Gasteiger partial charge in [0.15, 0.2) is 5.90 Å². The maximum absolute atomic E-state index is 6.18. The SMILES string of the molecule is Cc1cc(C)cc(P(CC(C)(C)C2=N[C@@H](C(C)(C)C)CO2)c2cc(C)cc(C)c2)c1. The molecule has 1 atom stereocenters. The van der Waals surface area contributed by atoms with E-state index in [9.17, 15) is 0 Å². The van der Waals surface area contributed by atoms with Gasteiger partial charge in [-0.2, -0.15) is 0 Å². The van der Waals surface area contributed by atoms with Gasteiger partial charge in [0.05, 0.1) is 6.04 Å². The minimum atomic E-state index is -0.523. The van der Waals surface area contributed by atoms with E-state index in [1.54, 1.807) is 0 Å². The largest absolute Gasteiger partial charge is 0.478 e. The monoisotopic (exact) mass is 423 g/mol. The normalized spacial score (nSPS) is 17.3. The van der Waals surface area contributed by atoms with Crippen LogP contribution in [0.5, 0.6) is 0 Å². The molecule has 162 valence electrons. The summed E-state index contributed by atoms with van der Waals surface area (Å²) in [4.78, 5) is 5.05. The third kappa shape index (κ3) is 5.33.